The van der Waals surface area contributed by atoms with Gasteiger partial charge in [0, 0.05) is 24.9 Å². The van der Waals surface area contributed by atoms with Crippen LogP contribution in [0.25, 0.3) is 0 Å². The van der Waals surface area contributed by atoms with E-state index in [1.54, 1.807) is 42.5 Å². The molecule has 0 aliphatic carbocycles. The summed E-state index contributed by atoms with van der Waals surface area (Å²) >= 11 is 0. The van der Waals surface area contributed by atoms with E-state index in [0.29, 0.717) is 35.6 Å². The fourth-order valence-corrected chi connectivity index (χ4v) is 4.62. The summed E-state index contributed by atoms with van der Waals surface area (Å²) in [5.41, 5.74) is 1.28. The molecule has 8 nitrogen and oxygen atoms in total. The highest BCUT2D eigenvalue weighted by atomic mass is 16.7. The maximum atomic E-state index is 12.8. The molecule has 0 spiro atoms. The molecule has 2 aromatic carbocycles. The van der Waals surface area contributed by atoms with Gasteiger partial charge in [-0.25, -0.2) is 0 Å². The molecule has 0 aromatic heterocycles. The van der Waals surface area contributed by atoms with Gasteiger partial charge in [0.25, 0.3) is 0 Å². The molecule has 0 radical (unpaired) electrons. The van der Waals surface area contributed by atoms with Crippen molar-refractivity contribution in [2.45, 2.75) is 64.2 Å². The smallest absolute Gasteiger partial charge is 0.231 e. The Labute approximate surface area is 212 Å². The molecular formula is C28H36N2O6. The second-order valence-electron chi connectivity index (χ2n) is 9.71. The monoisotopic (exact) mass is 496 g/mol. The molecule has 2 aliphatic heterocycles. The van der Waals surface area contributed by atoms with E-state index in [9.17, 15) is 14.7 Å². The van der Waals surface area contributed by atoms with Gasteiger partial charge in [-0.2, -0.15) is 0 Å². The number of benzene rings is 2. The van der Waals surface area contributed by atoms with Crippen LogP contribution in [-0.4, -0.2) is 60.3 Å². The first-order valence-electron chi connectivity index (χ1n) is 12.8. The molecule has 2 unspecified atom stereocenters. The number of hydrogen-bond donors (Lipinski definition) is 2. The third-order valence-corrected chi connectivity index (χ3v) is 6.47. The van der Waals surface area contributed by atoms with Crippen molar-refractivity contribution in [2.24, 2.45) is 0 Å². The van der Waals surface area contributed by atoms with Crippen molar-refractivity contribution in [3.63, 3.8) is 0 Å². The number of hydrogen-bond acceptors (Lipinski definition) is 7. The summed E-state index contributed by atoms with van der Waals surface area (Å²) in [7, 11) is 0. The highest BCUT2D eigenvalue weighted by Gasteiger charge is 2.28. The number of Topliss-reactive ketones (excluding diaryl/α,β-unsaturated/α-hetero) is 1. The molecule has 1 amide bonds. The largest absolute Gasteiger partial charge is 0.491 e. The average Bonchev–Trinajstić information content (AvgIpc) is 3.54. The van der Waals surface area contributed by atoms with Gasteiger partial charge in [0.2, 0.25) is 12.7 Å². The molecule has 2 aromatic rings. The Morgan fingerprint density at radius 1 is 1.03 bits per heavy atom. The van der Waals surface area contributed by atoms with Crippen LogP contribution in [0.5, 0.6) is 17.2 Å². The summed E-state index contributed by atoms with van der Waals surface area (Å²) in [6, 6.07) is 12.0. The number of fused-ring (bicyclic) bond motifs is 1. The van der Waals surface area contributed by atoms with Crippen molar-refractivity contribution < 1.29 is 28.9 Å². The predicted octanol–water partition coefficient (Wildman–Crippen LogP) is 3.87. The minimum absolute atomic E-state index is 0.00657. The lowest BCUT2D eigenvalue weighted by atomic mass is 10.0. The van der Waals surface area contributed by atoms with Crippen LogP contribution < -0.4 is 19.5 Å². The predicted molar refractivity (Wildman–Crippen MR) is 136 cm³/mol. The summed E-state index contributed by atoms with van der Waals surface area (Å²) in [5, 5.41) is 14.2. The highest BCUT2D eigenvalue weighted by molar-refractivity contribution is 5.96. The molecular weight excluding hydrogens is 460 g/mol. The number of nitrogens with one attached hydrogen (secondary N) is 1. The van der Waals surface area contributed by atoms with Gasteiger partial charge in [0.15, 0.2) is 17.3 Å². The Balaban J connectivity index is 1.31. The van der Waals surface area contributed by atoms with Gasteiger partial charge < -0.3 is 29.5 Å². The Kier molecular flexibility index (Phi) is 8.83. The van der Waals surface area contributed by atoms with Crippen molar-refractivity contribution >= 4 is 11.7 Å². The lowest BCUT2D eigenvalue weighted by molar-refractivity contribution is -0.123. The van der Waals surface area contributed by atoms with Gasteiger partial charge in [-0.3, -0.25) is 9.59 Å². The summed E-state index contributed by atoms with van der Waals surface area (Å²) in [6.45, 7) is 6.54. The molecule has 2 atom stereocenters. The molecule has 2 N–H and O–H groups in total. The number of ketones is 1. The lowest BCUT2D eigenvalue weighted by Crippen LogP contribution is -2.46. The van der Waals surface area contributed by atoms with Gasteiger partial charge >= 0.3 is 0 Å². The Bertz CT molecular complexity index is 1030. The quantitative estimate of drug-likeness (QED) is 0.431. The molecule has 36 heavy (non-hydrogen) atoms. The van der Waals surface area contributed by atoms with E-state index < -0.39 is 12.1 Å². The Hall–Kier alpha value is -3.10. The van der Waals surface area contributed by atoms with Crippen molar-refractivity contribution in [1.82, 2.24) is 10.2 Å². The maximum absolute atomic E-state index is 12.8. The summed E-state index contributed by atoms with van der Waals surface area (Å²) in [6.07, 6.45) is 2.34. The first-order chi connectivity index (χ1) is 17.4. The zero-order valence-electron chi connectivity index (χ0n) is 21.1. The number of aliphatic hydroxyl groups is 1. The molecule has 1 saturated heterocycles. The third-order valence-electron chi connectivity index (χ3n) is 6.47. The number of amides is 1. The number of carbonyl (C=O) groups excluding carboxylic acids is 2. The van der Waals surface area contributed by atoms with Gasteiger partial charge in [-0.15, -0.1) is 0 Å². The van der Waals surface area contributed by atoms with Crippen LogP contribution in [0.1, 0.15) is 68.0 Å². The fourth-order valence-electron chi connectivity index (χ4n) is 4.62. The highest BCUT2D eigenvalue weighted by Crippen LogP contribution is 2.35. The van der Waals surface area contributed by atoms with E-state index in [1.807, 2.05) is 13.8 Å². The molecule has 0 saturated carbocycles. The third kappa shape index (κ3) is 6.98. The van der Waals surface area contributed by atoms with E-state index in [4.69, 9.17) is 14.2 Å². The SMILES string of the molecule is CC(C)Oc1ccc(C(=O)CCCC(=O)NC(CN2CCCC2)C(O)c2ccc3c(c2)OCO3)cc1. The van der Waals surface area contributed by atoms with Gasteiger partial charge in [0.05, 0.1) is 12.1 Å². The second kappa shape index (κ2) is 12.2. The Morgan fingerprint density at radius 2 is 1.75 bits per heavy atom. The number of rotatable bonds is 12. The molecule has 0 bridgehead atoms. The molecule has 2 heterocycles. The summed E-state index contributed by atoms with van der Waals surface area (Å²) in [5.74, 6) is 1.80. The summed E-state index contributed by atoms with van der Waals surface area (Å²) in [4.78, 5) is 27.6. The van der Waals surface area contributed by atoms with Gasteiger partial charge in [-0.1, -0.05) is 6.07 Å². The number of likely N-dealkylation sites (tertiary alicyclic amines) is 1. The van der Waals surface area contributed by atoms with E-state index in [-0.39, 0.29) is 37.4 Å². The molecule has 1 fully saturated rings. The van der Waals surface area contributed by atoms with Gasteiger partial charge in [0.1, 0.15) is 11.9 Å². The van der Waals surface area contributed by atoms with Crippen LogP contribution in [0, 0.1) is 0 Å². The molecule has 8 heteroatoms. The van der Waals surface area contributed by atoms with Crippen LogP contribution in [0.3, 0.4) is 0 Å². The van der Waals surface area contributed by atoms with Crippen LogP contribution in [0.2, 0.25) is 0 Å². The number of aliphatic hydroxyl groups excluding tert-OH is 1. The van der Waals surface area contributed by atoms with Crippen LogP contribution >= 0.6 is 0 Å². The fraction of sp³-hybridized carbons (Fsp3) is 0.500. The van der Waals surface area contributed by atoms with Crippen molar-refractivity contribution in [1.29, 1.82) is 0 Å². The number of ether oxygens (including phenoxy) is 3. The van der Waals surface area contributed by atoms with E-state index in [0.717, 1.165) is 31.7 Å². The first-order valence-corrected chi connectivity index (χ1v) is 12.8. The van der Waals surface area contributed by atoms with Crippen molar-refractivity contribution in [3.05, 3.63) is 53.6 Å². The lowest BCUT2D eigenvalue weighted by Gasteiger charge is -2.29. The first kappa shape index (κ1) is 26.0. The zero-order chi connectivity index (χ0) is 25.5. The zero-order valence-corrected chi connectivity index (χ0v) is 21.1. The second-order valence-corrected chi connectivity index (χ2v) is 9.71. The average molecular weight is 497 g/mol. The maximum Gasteiger partial charge on any atom is 0.231 e. The van der Waals surface area contributed by atoms with Crippen LogP contribution in [0.15, 0.2) is 42.5 Å². The van der Waals surface area contributed by atoms with Crippen LogP contribution in [0.4, 0.5) is 0 Å². The molecule has 194 valence electrons. The minimum Gasteiger partial charge on any atom is -0.491 e. The molecule has 4 rings (SSSR count). The van der Waals surface area contributed by atoms with Crippen molar-refractivity contribution in [3.8, 4) is 17.2 Å². The topological polar surface area (TPSA) is 97.3 Å². The Morgan fingerprint density at radius 3 is 2.47 bits per heavy atom. The number of carbonyl (C=O) groups is 2. The number of nitrogens with zero attached hydrogens (tertiary/aromatic N) is 1. The summed E-state index contributed by atoms with van der Waals surface area (Å²) < 4.78 is 16.4. The van der Waals surface area contributed by atoms with Crippen molar-refractivity contribution in [2.75, 3.05) is 26.4 Å². The minimum atomic E-state index is -0.891. The standard InChI is InChI=1S/C28H36N2O6/c1-19(2)36-22-11-8-20(9-12-22)24(31)6-5-7-27(32)29-23(17-30-14-3-4-15-30)28(33)21-10-13-25-26(16-21)35-18-34-25/h8-13,16,19,23,28,33H,3-7,14-15,17-18H2,1-2H3,(H,29,32). The van der Waals surface area contributed by atoms with Crippen LogP contribution in [-0.2, 0) is 4.79 Å². The van der Waals surface area contributed by atoms with Gasteiger partial charge in [-0.05, 0) is 88.2 Å². The molecule has 2 aliphatic rings. The van der Waals surface area contributed by atoms with E-state index in [1.165, 1.54) is 0 Å². The normalized spacial score (nSPS) is 16.7. The van der Waals surface area contributed by atoms with E-state index in [2.05, 4.69) is 10.2 Å². The van der Waals surface area contributed by atoms with E-state index >= 15 is 0 Å².